The Balaban J connectivity index is 0.00000272. The van der Waals surface area contributed by atoms with E-state index in [1.165, 1.54) is 5.56 Å². The van der Waals surface area contributed by atoms with E-state index in [0.29, 0.717) is 6.61 Å². The Morgan fingerprint density at radius 1 is 1.10 bits per heavy atom. The summed E-state index contributed by atoms with van der Waals surface area (Å²) < 4.78 is 17.4. The standard InChI is InChI=1S/C22H33ClN4O3.HI/c1-24-22(27-10-14-30-21(16-27)20-3-2-11-29-20)25-15-19(26-8-12-28-13-9-26)17-4-6-18(23)7-5-17;/h4-7,19-21H,2-3,8-16H2,1H3,(H,24,25);1H. The number of benzene rings is 1. The van der Waals surface area contributed by atoms with Crippen LogP contribution in [-0.4, -0.2) is 94.2 Å². The van der Waals surface area contributed by atoms with Gasteiger partial charge in [0.25, 0.3) is 0 Å². The van der Waals surface area contributed by atoms with Crippen LogP contribution in [0.25, 0.3) is 0 Å². The van der Waals surface area contributed by atoms with Gasteiger partial charge in [-0.05, 0) is 30.5 Å². The maximum absolute atomic E-state index is 6.12. The Morgan fingerprint density at radius 2 is 1.84 bits per heavy atom. The third kappa shape index (κ3) is 6.68. The average Bonchev–Trinajstić information content (AvgIpc) is 3.34. The first kappa shape index (κ1) is 25.0. The lowest BCUT2D eigenvalue weighted by molar-refractivity contribution is -0.0817. The van der Waals surface area contributed by atoms with Gasteiger partial charge in [0, 0.05) is 51.4 Å². The number of aliphatic imine (C=N–C) groups is 1. The summed E-state index contributed by atoms with van der Waals surface area (Å²) in [7, 11) is 1.85. The van der Waals surface area contributed by atoms with Crippen molar-refractivity contribution in [2.45, 2.75) is 31.1 Å². The summed E-state index contributed by atoms with van der Waals surface area (Å²) in [6, 6.07) is 8.41. The molecule has 1 N–H and O–H groups in total. The van der Waals surface area contributed by atoms with Crippen molar-refractivity contribution in [3.8, 4) is 0 Å². The van der Waals surface area contributed by atoms with Crippen LogP contribution in [0.15, 0.2) is 29.3 Å². The molecule has 31 heavy (non-hydrogen) atoms. The molecule has 0 aromatic heterocycles. The van der Waals surface area contributed by atoms with Gasteiger partial charge >= 0.3 is 0 Å². The first-order valence-corrected chi connectivity index (χ1v) is 11.4. The van der Waals surface area contributed by atoms with Gasteiger partial charge in [-0.1, -0.05) is 23.7 Å². The summed E-state index contributed by atoms with van der Waals surface area (Å²) >= 11 is 6.12. The number of hydrogen-bond donors (Lipinski definition) is 1. The predicted octanol–water partition coefficient (Wildman–Crippen LogP) is 2.79. The lowest BCUT2D eigenvalue weighted by atomic mass is 10.0. The average molecular weight is 565 g/mol. The number of nitrogens with zero attached hydrogens (tertiary/aromatic N) is 3. The second-order valence-electron chi connectivity index (χ2n) is 8.05. The molecule has 1 aromatic carbocycles. The highest BCUT2D eigenvalue weighted by atomic mass is 127. The zero-order valence-corrected chi connectivity index (χ0v) is 21.3. The quantitative estimate of drug-likeness (QED) is 0.337. The van der Waals surface area contributed by atoms with E-state index in [4.69, 9.17) is 25.8 Å². The van der Waals surface area contributed by atoms with E-state index < -0.39 is 0 Å². The monoisotopic (exact) mass is 564 g/mol. The van der Waals surface area contributed by atoms with E-state index in [0.717, 1.165) is 76.4 Å². The molecule has 0 radical (unpaired) electrons. The number of morpholine rings is 2. The maximum Gasteiger partial charge on any atom is 0.193 e. The molecule has 3 heterocycles. The molecular formula is C22H34ClIN4O3. The summed E-state index contributed by atoms with van der Waals surface area (Å²) in [5.41, 5.74) is 1.25. The van der Waals surface area contributed by atoms with E-state index in [-0.39, 0.29) is 42.2 Å². The fourth-order valence-electron chi connectivity index (χ4n) is 4.54. The summed E-state index contributed by atoms with van der Waals surface area (Å²) in [6.45, 7) is 7.36. The Hall–Kier alpha value is -0.650. The second kappa shape index (κ2) is 12.6. The van der Waals surface area contributed by atoms with Crippen LogP contribution < -0.4 is 5.32 Å². The number of guanidine groups is 1. The highest BCUT2D eigenvalue weighted by Crippen LogP contribution is 2.24. The summed E-state index contributed by atoms with van der Waals surface area (Å²) in [5, 5.41) is 4.39. The number of nitrogens with one attached hydrogen (secondary N) is 1. The molecule has 3 atom stereocenters. The Kier molecular flexibility index (Phi) is 10.1. The molecule has 0 spiro atoms. The summed E-state index contributed by atoms with van der Waals surface area (Å²) in [6.07, 6.45) is 2.53. The third-order valence-electron chi connectivity index (χ3n) is 6.18. The van der Waals surface area contributed by atoms with Crippen molar-refractivity contribution in [1.82, 2.24) is 15.1 Å². The predicted molar refractivity (Wildman–Crippen MR) is 134 cm³/mol. The molecule has 3 aliphatic heterocycles. The van der Waals surface area contributed by atoms with Gasteiger partial charge in [0.1, 0.15) is 6.10 Å². The molecule has 4 rings (SSSR count). The minimum atomic E-state index is 0. The molecule has 0 bridgehead atoms. The molecule has 174 valence electrons. The minimum Gasteiger partial charge on any atom is -0.379 e. The maximum atomic E-state index is 6.12. The molecular weight excluding hydrogens is 531 g/mol. The van der Waals surface area contributed by atoms with Crippen LogP contribution in [0.5, 0.6) is 0 Å². The summed E-state index contributed by atoms with van der Waals surface area (Å²) in [5.74, 6) is 0.925. The van der Waals surface area contributed by atoms with Crippen LogP contribution in [0.3, 0.4) is 0 Å². The van der Waals surface area contributed by atoms with Crippen LogP contribution in [0.2, 0.25) is 5.02 Å². The Bertz CT molecular complexity index is 697. The van der Waals surface area contributed by atoms with Crippen LogP contribution in [0.1, 0.15) is 24.4 Å². The molecule has 0 aliphatic carbocycles. The van der Waals surface area contributed by atoms with Gasteiger partial charge in [-0.15, -0.1) is 24.0 Å². The van der Waals surface area contributed by atoms with Crippen molar-refractivity contribution in [1.29, 1.82) is 0 Å². The van der Waals surface area contributed by atoms with Gasteiger partial charge < -0.3 is 24.4 Å². The van der Waals surface area contributed by atoms with E-state index in [2.05, 4.69) is 32.2 Å². The molecule has 3 fully saturated rings. The molecule has 0 amide bonds. The van der Waals surface area contributed by atoms with Crippen molar-refractivity contribution in [2.24, 2.45) is 4.99 Å². The van der Waals surface area contributed by atoms with Gasteiger partial charge in [-0.25, -0.2) is 0 Å². The largest absolute Gasteiger partial charge is 0.379 e. The van der Waals surface area contributed by atoms with E-state index >= 15 is 0 Å². The molecule has 0 saturated carbocycles. The van der Waals surface area contributed by atoms with Gasteiger partial charge in [0.2, 0.25) is 0 Å². The number of hydrogen-bond acceptors (Lipinski definition) is 5. The van der Waals surface area contributed by atoms with Crippen molar-refractivity contribution < 1.29 is 14.2 Å². The topological polar surface area (TPSA) is 58.6 Å². The zero-order valence-electron chi connectivity index (χ0n) is 18.2. The van der Waals surface area contributed by atoms with Crippen molar-refractivity contribution >= 4 is 41.5 Å². The third-order valence-corrected chi connectivity index (χ3v) is 6.43. The van der Waals surface area contributed by atoms with E-state index in [1.807, 2.05) is 19.2 Å². The van der Waals surface area contributed by atoms with Crippen LogP contribution in [0.4, 0.5) is 0 Å². The van der Waals surface area contributed by atoms with Crippen molar-refractivity contribution in [3.63, 3.8) is 0 Å². The van der Waals surface area contributed by atoms with Crippen LogP contribution >= 0.6 is 35.6 Å². The lowest BCUT2D eigenvalue weighted by Crippen LogP contribution is -2.54. The van der Waals surface area contributed by atoms with Gasteiger partial charge in [-0.2, -0.15) is 0 Å². The Labute approximate surface area is 207 Å². The fourth-order valence-corrected chi connectivity index (χ4v) is 4.67. The molecule has 7 nitrogen and oxygen atoms in total. The van der Waals surface area contributed by atoms with Gasteiger partial charge in [0.05, 0.1) is 32.0 Å². The van der Waals surface area contributed by atoms with Gasteiger partial charge in [-0.3, -0.25) is 9.89 Å². The second-order valence-corrected chi connectivity index (χ2v) is 8.49. The zero-order chi connectivity index (χ0) is 20.8. The van der Waals surface area contributed by atoms with Gasteiger partial charge in [0.15, 0.2) is 5.96 Å². The molecule has 3 saturated heterocycles. The first-order valence-electron chi connectivity index (χ1n) is 11.0. The molecule has 9 heteroatoms. The van der Waals surface area contributed by atoms with E-state index in [9.17, 15) is 0 Å². The van der Waals surface area contributed by atoms with Crippen LogP contribution in [-0.2, 0) is 14.2 Å². The highest BCUT2D eigenvalue weighted by molar-refractivity contribution is 14.0. The molecule has 1 aromatic rings. The van der Waals surface area contributed by atoms with Crippen molar-refractivity contribution in [2.75, 3.05) is 66.2 Å². The fraction of sp³-hybridized carbons (Fsp3) is 0.682. The number of ether oxygens (including phenoxy) is 3. The van der Waals surface area contributed by atoms with Crippen LogP contribution in [0, 0.1) is 0 Å². The highest BCUT2D eigenvalue weighted by Gasteiger charge is 2.32. The van der Waals surface area contributed by atoms with Crippen molar-refractivity contribution in [3.05, 3.63) is 34.9 Å². The normalized spacial score (nSPS) is 26.4. The number of rotatable bonds is 5. The lowest BCUT2D eigenvalue weighted by Gasteiger charge is -2.39. The van der Waals surface area contributed by atoms with E-state index in [1.54, 1.807) is 0 Å². The number of halogens is 2. The molecule has 3 unspecified atom stereocenters. The minimum absolute atomic E-state index is 0. The SMILES string of the molecule is CN=C(NCC(c1ccc(Cl)cc1)N1CCOCC1)N1CCOC(C2CCCO2)C1.I. The summed E-state index contributed by atoms with van der Waals surface area (Å²) in [4.78, 5) is 9.34. The smallest absolute Gasteiger partial charge is 0.193 e. The molecule has 3 aliphatic rings. The first-order chi connectivity index (χ1) is 14.7. The Morgan fingerprint density at radius 3 is 2.52 bits per heavy atom.